The average molecular weight is 1200 g/mol. The van der Waals surface area contributed by atoms with Crippen molar-refractivity contribution >= 4 is 5.97 Å². The van der Waals surface area contributed by atoms with Crippen molar-refractivity contribution in [3.8, 4) is 0 Å². The van der Waals surface area contributed by atoms with Crippen molar-refractivity contribution < 1.29 is 69.0 Å². The molecule has 14 heteroatoms. The van der Waals surface area contributed by atoms with E-state index in [9.17, 15) is 40.5 Å². The van der Waals surface area contributed by atoms with Crippen LogP contribution >= 0.6 is 0 Å². The molecular weight excluding hydrogens is 1080 g/mol. The molecule has 0 aromatic carbocycles. The lowest BCUT2D eigenvalue weighted by Gasteiger charge is -2.42. The molecule has 2 rings (SSSR count). The molecule has 2 aliphatic rings. The molecule has 2 fully saturated rings. The van der Waals surface area contributed by atoms with Gasteiger partial charge in [-0.2, -0.15) is 0 Å². The zero-order chi connectivity index (χ0) is 61.5. The van der Waals surface area contributed by atoms with Crippen LogP contribution in [-0.2, 0) is 33.2 Å². The summed E-state index contributed by atoms with van der Waals surface area (Å²) in [7, 11) is 0. The fraction of sp³-hybridized carbons (Fsp3) is 0.704. The first-order chi connectivity index (χ1) is 41.6. The molecule has 85 heavy (non-hydrogen) atoms. The van der Waals surface area contributed by atoms with Crippen LogP contribution in [0.2, 0.25) is 0 Å². The zero-order valence-electron chi connectivity index (χ0n) is 52.5. The van der Waals surface area contributed by atoms with Gasteiger partial charge in [-0.3, -0.25) is 4.79 Å². The lowest BCUT2D eigenvalue weighted by atomic mass is 9.98. The van der Waals surface area contributed by atoms with Gasteiger partial charge in [0.2, 0.25) is 0 Å². The molecule has 0 saturated carbocycles. The molecule has 0 aromatic heterocycles. The number of allylic oxidation sites excluding steroid dienone is 20. The van der Waals surface area contributed by atoms with E-state index in [1.807, 2.05) is 0 Å². The van der Waals surface area contributed by atoms with Crippen molar-refractivity contribution in [3.05, 3.63) is 122 Å². The smallest absolute Gasteiger partial charge is 0.306 e. The van der Waals surface area contributed by atoms with Crippen molar-refractivity contribution in [2.24, 2.45) is 0 Å². The molecule has 2 saturated heterocycles. The average Bonchev–Trinajstić information content (AvgIpc) is 2.82. The van der Waals surface area contributed by atoms with Gasteiger partial charge >= 0.3 is 5.97 Å². The number of aliphatic hydroxyl groups excluding tert-OH is 7. The first-order valence-corrected chi connectivity index (χ1v) is 33.1. The van der Waals surface area contributed by atoms with Crippen LogP contribution in [0.5, 0.6) is 0 Å². The van der Waals surface area contributed by atoms with Crippen LogP contribution in [0.15, 0.2) is 122 Å². The number of esters is 1. The van der Waals surface area contributed by atoms with E-state index in [0.717, 1.165) is 116 Å². The zero-order valence-corrected chi connectivity index (χ0v) is 52.5. The molecule has 7 N–H and O–H groups in total. The number of carbonyl (C=O) groups excluding carboxylic acids is 1. The summed E-state index contributed by atoms with van der Waals surface area (Å²) in [6.07, 6.45) is 62.5. The Morgan fingerprint density at radius 3 is 1.14 bits per heavy atom. The van der Waals surface area contributed by atoms with Gasteiger partial charge in [0.05, 0.1) is 26.4 Å². The van der Waals surface area contributed by atoms with E-state index in [0.29, 0.717) is 13.0 Å². The van der Waals surface area contributed by atoms with Gasteiger partial charge in [0, 0.05) is 13.0 Å². The summed E-state index contributed by atoms with van der Waals surface area (Å²) in [6, 6.07) is 0. The molecule has 486 valence electrons. The normalized spacial score (nSPS) is 24.0. The van der Waals surface area contributed by atoms with Gasteiger partial charge in [0.15, 0.2) is 12.6 Å². The van der Waals surface area contributed by atoms with E-state index in [1.54, 1.807) is 0 Å². The predicted molar refractivity (Wildman–Crippen MR) is 344 cm³/mol. The van der Waals surface area contributed by atoms with E-state index in [1.165, 1.54) is 77.0 Å². The number of hydrogen-bond acceptors (Lipinski definition) is 14. The summed E-state index contributed by atoms with van der Waals surface area (Å²) < 4.78 is 34.5. The second-order valence-electron chi connectivity index (χ2n) is 22.5. The van der Waals surface area contributed by atoms with Gasteiger partial charge in [-0.25, -0.2) is 0 Å². The summed E-state index contributed by atoms with van der Waals surface area (Å²) in [4.78, 5) is 13.1. The lowest BCUT2D eigenvalue weighted by molar-refractivity contribution is -0.332. The Hall–Kier alpha value is -3.61. The van der Waals surface area contributed by atoms with Crippen molar-refractivity contribution in [1.82, 2.24) is 0 Å². The second kappa shape index (κ2) is 55.7. The minimum Gasteiger partial charge on any atom is -0.457 e. The molecule has 0 spiro atoms. The molecule has 0 aliphatic carbocycles. The van der Waals surface area contributed by atoms with Crippen LogP contribution in [0.3, 0.4) is 0 Å². The highest BCUT2D eigenvalue weighted by atomic mass is 16.7. The Morgan fingerprint density at radius 2 is 0.729 bits per heavy atom. The molecule has 11 unspecified atom stereocenters. The summed E-state index contributed by atoms with van der Waals surface area (Å²) in [5, 5.41) is 72.6. The quantitative estimate of drug-likeness (QED) is 0.0172. The van der Waals surface area contributed by atoms with E-state index in [4.69, 9.17) is 28.4 Å². The van der Waals surface area contributed by atoms with E-state index in [-0.39, 0.29) is 25.6 Å². The predicted octanol–water partition coefficient (Wildman–Crippen LogP) is 13.6. The second-order valence-corrected chi connectivity index (χ2v) is 22.5. The number of hydrogen-bond donors (Lipinski definition) is 7. The molecular formula is C71H118O14. The SMILES string of the molecule is CC/C=C\C/C=C\C/C=C\C/C=C\C/C=C\CCCCCCCCCCCCOCC(COC1OC(COC2OC(CO)C(O)C(O)C2O)C(O)C(O)C1O)OC(=O)CCCCCCCCCCC/C=C\C/C=C\C/C=C\C/C=C\C/C=C\CC. The monoisotopic (exact) mass is 1190 g/mol. The van der Waals surface area contributed by atoms with Crippen LogP contribution in [0.4, 0.5) is 0 Å². The van der Waals surface area contributed by atoms with Crippen LogP contribution < -0.4 is 0 Å². The first kappa shape index (κ1) is 77.5. The first-order valence-electron chi connectivity index (χ1n) is 33.1. The van der Waals surface area contributed by atoms with Crippen molar-refractivity contribution in [2.75, 3.05) is 33.0 Å². The fourth-order valence-electron chi connectivity index (χ4n) is 9.75. The van der Waals surface area contributed by atoms with Crippen molar-refractivity contribution in [2.45, 2.75) is 287 Å². The van der Waals surface area contributed by atoms with Crippen LogP contribution in [0.25, 0.3) is 0 Å². The Morgan fingerprint density at radius 1 is 0.388 bits per heavy atom. The van der Waals surface area contributed by atoms with Gasteiger partial charge in [-0.15, -0.1) is 0 Å². The third-order valence-electron chi connectivity index (χ3n) is 15.0. The number of unbranched alkanes of at least 4 members (excludes halogenated alkanes) is 19. The van der Waals surface area contributed by atoms with Crippen LogP contribution in [0.1, 0.15) is 219 Å². The summed E-state index contributed by atoms with van der Waals surface area (Å²) in [5.74, 6) is -0.388. The van der Waals surface area contributed by atoms with Gasteiger partial charge < -0.3 is 64.2 Å². The third kappa shape index (κ3) is 41.3. The number of aliphatic hydroxyl groups is 7. The third-order valence-corrected chi connectivity index (χ3v) is 15.0. The fourth-order valence-corrected chi connectivity index (χ4v) is 9.75. The molecule has 0 amide bonds. The van der Waals surface area contributed by atoms with Gasteiger partial charge in [0.1, 0.15) is 54.9 Å². The van der Waals surface area contributed by atoms with Gasteiger partial charge in [0.25, 0.3) is 0 Å². The summed E-state index contributed by atoms with van der Waals surface area (Å²) in [6.45, 7) is 3.44. The lowest BCUT2D eigenvalue weighted by Crippen LogP contribution is -2.61. The largest absolute Gasteiger partial charge is 0.457 e. The Labute approximate surface area is 514 Å². The van der Waals surface area contributed by atoms with Gasteiger partial charge in [-0.1, -0.05) is 232 Å². The van der Waals surface area contributed by atoms with E-state index >= 15 is 0 Å². The van der Waals surface area contributed by atoms with Crippen LogP contribution in [-0.4, -0.2) is 142 Å². The number of rotatable bonds is 53. The highest BCUT2D eigenvalue weighted by molar-refractivity contribution is 5.69. The van der Waals surface area contributed by atoms with Crippen molar-refractivity contribution in [1.29, 1.82) is 0 Å². The van der Waals surface area contributed by atoms with Gasteiger partial charge in [-0.05, 0) is 103 Å². The molecule has 0 radical (unpaired) electrons. The Bertz CT molecular complexity index is 1870. The van der Waals surface area contributed by atoms with Crippen molar-refractivity contribution in [3.63, 3.8) is 0 Å². The Balaban J connectivity index is 1.67. The highest BCUT2D eigenvalue weighted by Crippen LogP contribution is 2.27. The maximum absolute atomic E-state index is 13.1. The number of ether oxygens (including phenoxy) is 6. The van der Waals surface area contributed by atoms with E-state index in [2.05, 4.69) is 135 Å². The molecule has 0 aromatic rings. The minimum absolute atomic E-state index is 0.0484. The number of carbonyl (C=O) groups is 1. The topological polar surface area (TPSA) is 214 Å². The summed E-state index contributed by atoms with van der Waals surface area (Å²) in [5.41, 5.74) is 0. The molecule has 2 aliphatic heterocycles. The van der Waals surface area contributed by atoms with E-state index < -0.39 is 80.7 Å². The standard InChI is InChI=1S/C71H118O14/c1-3-5-7-9-11-13-15-17-19-21-23-25-27-29-31-33-35-37-39-41-43-45-47-49-51-53-55-80-57-60(58-81-70-69(79)67(77)65(75)62(85-70)59-82-71-68(78)66(76)64(74)61(56-72)84-71)83-63(73)54-52-50-48-46-44-42-40-38-36-34-32-30-28-26-24-22-20-18-16-14-12-10-8-6-4-2/h5-8,11-14,17-20,23-26,29-32,60-62,64-72,74-79H,3-4,9-10,15-16,21-22,27-28,33-59H2,1-2H3/b7-5-,8-6-,13-11-,14-12-,19-17-,20-18-,25-23-,26-24-,31-29-,32-30-. The molecule has 14 nitrogen and oxygen atoms in total. The molecule has 0 bridgehead atoms. The molecule has 11 atom stereocenters. The summed E-state index contributed by atoms with van der Waals surface area (Å²) >= 11 is 0. The Kier molecular flexibility index (Phi) is 50.8. The minimum atomic E-state index is -1.72. The maximum Gasteiger partial charge on any atom is 0.306 e. The van der Waals surface area contributed by atoms with Crippen LogP contribution in [0, 0.1) is 0 Å². The maximum atomic E-state index is 13.1. The highest BCUT2D eigenvalue weighted by Gasteiger charge is 2.47. The molecule has 2 heterocycles.